The van der Waals surface area contributed by atoms with Gasteiger partial charge < -0.3 is 10.8 Å². The minimum atomic E-state index is -0.131. The molecule has 0 fully saturated rings. The molecule has 3 N–H and O–H groups in total. The van der Waals surface area contributed by atoms with Crippen LogP contribution in [-0.4, -0.2) is 18.0 Å². The third-order valence-corrected chi connectivity index (χ3v) is 3.26. The van der Waals surface area contributed by atoms with Crippen molar-refractivity contribution in [3.05, 3.63) is 28.8 Å². The zero-order valence-corrected chi connectivity index (χ0v) is 9.61. The van der Waals surface area contributed by atoms with E-state index in [1.165, 1.54) is 0 Å². The Morgan fingerprint density at radius 3 is 2.79 bits per heavy atom. The van der Waals surface area contributed by atoms with Crippen LogP contribution < -0.4 is 5.73 Å². The molecule has 0 spiro atoms. The lowest BCUT2D eigenvalue weighted by Gasteiger charge is -2.11. The van der Waals surface area contributed by atoms with Crippen molar-refractivity contribution in [1.82, 2.24) is 0 Å². The predicted molar refractivity (Wildman–Crippen MR) is 61.9 cm³/mol. The maximum absolute atomic E-state index is 8.75. The molecule has 0 aromatic heterocycles. The van der Waals surface area contributed by atoms with E-state index in [9.17, 15) is 0 Å². The Balaban J connectivity index is 2.85. The van der Waals surface area contributed by atoms with Crippen molar-refractivity contribution in [2.45, 2.75) is 17.4 Å². The van der Waals surface area contributed by atoms with Crippen LogP contribution in [0.5, 0.6) is 0 Å². The van der Waals surface area contributed by atoms with E-state index in [-0.39, 0.29) is 12.6 Å². The first-order valence-corrected chi connectivity index (χ1v) is 5.99. The number of aliphatic hydroxyl groups excluding tert-OH is 1. The Labute approximate surface area is 93.5 Å². The SMILES string of the molecule is CSc1ccc(C(N)CCO)cc1Cl. The molecule has 0 saturated heterocycles. The van der Waals surface area contributed by atoms with E-state index < -0.39 is 0 Å². The van der Waals surface area contributed by atoms with Crippen molar-refractivity contribution in [2.75, 3.05) is 12.9 Å². The average Bonchev–Trinajstić information content (AvgIpc) is 2.18. The first kappa shape index (κ1) is 11.9. The van der Waals surface area contributed by atoms with Crippen LogP contribution in [0.15, 0.2) is 23.1 Å². The molecule has 2 nitrogen and oxygen atoms in total. The van der Waals surface area contributed by atoms with Crippen molar-refractivity contribution in [3.63, 3.8) is 0 Å². The van der Waals surface area contributed by atoms with Crippen molar-refractivity contribution in [3.8, 4) is 0 Å². The van der Waals surface area contributed by atoms with Gasteiger partial charge in [-0.15, -0.1) is 11.8 Å². The lowest BCUT2D eigenvalue weighted by atomic mass is 10.1. The van der Waals surface area contributed by atoms with Crippen molar-refractivity contribution < 1.29 is 5.11 Å². The molecule has 0 radical (unpaired) electrons. The Hall–Kier alpha value is -0.220. The minimum Gasteiger partial charge on any atom is -0.396 e. The van der Waals surface area contributed by atoms with Crippen LogP contribution in [0.25, 0.3) is 0 Å². The number of hydrogen-bond acceptors (Lipinski definition) is 3. The lowest BCUT2D eigenvalue weighted by molar-refractivity contribution is 0.276. The van der Waals surface area contributed by atoms with Crippen LogP contribution in [0.2, 0.25) is 5.02 Å². The summed E-state index contributed by atoms with van der Waals surface area (Å²) in [6.45, 7) is 0.100. The standard InChI is InChI=1S/C10H14ClNOS/c1-14-10-3-2-7(6-8(10)11)9(12)4-5-13/h2-3,6,9,13H,4-5,12H2,1H3. The summed E-state index contributed by atoms with van der Waals surface area (Å²) < 4.78 is 0. The van der Waals surface area contributed by atoms with Gasteiger partial charge in [0.15, 0.2) is 0 Å². The van der Waals surface area contributed by atoms with Gasteiger partial charge in [-0.2, -0.15) is 0 Å². The van der Waals surface area contributed by atoms with E-state index in [2.05, 4.69) is 0 Å². The van der Waals surface area contributed by atoms with Gasteiger partial charge in [-0.05, 0) is 30.4 Å². The van der Waals surface area contributed by atoms with Gasteiger partial charge in [-0.1, -0.05) is 17.7 Å². The van der Waals surface area contributed by atoms with E-state index in [0.29, 0.717) is 6.42 Å². The molecule has 0 saturated carbocycles. The van der Waals surface area contributed by atoms with Gasteiger partial charge in [0.25, 0.3) is 0 Å². The van der Waals surface area contributed by atoms with Crippen LogP contribution in [0.3, 0.4) is 0 Å². The van der Waals surface area contributed by atoms with Gasteiger partial charge >= 0.3 is 0 Å². The second-order valence-corrected chi connectivity index (χ2v) is 4.27. The highest BCUT2D eigenvalue weighted by Gasteiger charge is 2.07. The highest BCUT2D eigenvalue weighted by Crippen LogP contribution is 2.28. The molecule has 0 bridgehead atoms. The maximum atomic E-state index is 8.75. The molecule has 0 heterocycles. The normalized spacial score (nSPS) is 12.9. The summed E-state index contributed by atoms with van der Waals surface area (Å²) in [5.74, 6) is 0. The average molecular weight is 232 g/mol. The molecule has 78 valence electrons. The summed E-state index contributed by atoms with van der Waals surface area (Å²) in [5.41, 5.74) is 6.81. The highest BCUT2D eigenvalue weighted by molar-refractivity contribution is 7.98. The number of thioether (sulfide) groups is 1. The molecule has 0 aliphatic heterocycles. The fraction of sp³-hybridized carbons (Fsp3) is 0.400. The second kappa shape index (κ2) is 5.61. The summed E-state index contributed by atoms with van der Waals surface area (Å²) in [6.07, 6.45) is 2.55. The highest BCUT2D eigenvalue weighted by atomic mass is 35.5. The summed E-state index contributed by atoms with van der Waals surface area (Å²) >= 11 is 7.64. The van der Waals surface area contributed by atoms with Crippen molar-refractivity contribution >= 4 is 23.4 Å². The van der Waals surface area contributed by atoms with Crippen LogP contribution in [0.1, 0.15) is 18.0 Å². The number of nitrogens with two attached hydrogens (primary N) is 1. The molecule has 1 aromatic rings. The summed E-state index contributed by atoms with van der Waals surface area (Å²) in [4.78, 5) is 1.05. The number of aliphatic hydroxyl groups is 1. The molecular formula is C10H14ClNOS. The predicted octanol–water partition coefficient (Wildman–Crippen LogP) is 2.44. The largest absolute Gasteiger partial charge is 0.396 e. The lowest BCUT2D eigenvalue weighted by Crippen LogP contribution is -2.11. The molecule has 14 heavy (non-hydrogen) atoms. The summed E-state index contributed by atoms with van der Waals surface area (Å²) in [6, 6.07) is 5.65. The van der Waals surface area contributed by atoms with Crippen LogP contribution in [0, 0.1) is 0 Å². The first-order valence-electron chi connectivity index (χ1n) is 4.39. The van der Waals surface area contributed by atoms with E-state index in [4.69, 9.17) is 22.4 Å². The van der Waals surface area contributed by atoms with Gasteiger partial charge in [0.2, 0.25) is 0 Å². The quantitative estimate of drug-likeness (QED) is 0.783. The third kappa shape index (κ3) is 2.89. The first-order chi connectivity index (χ1) is 6.69. The van der Waals surface area contributed by atoms with Gasteiger partial charge in [0.1, 0.15) is 0 Å². The fourth-order valence-corrected chi connectivity index (χ4v) is 2.10. The maximum Gasteiger partial charge on any atom is 0.0545 e. The molecule has 1 aromatic carbocycles. The third-order valence-electron chi connectivity index (χ3n) is 2.04. The Morgan fingerprint density at radius 1 is 1.57 bits per heavy atom. The minimum absolute atomic E-state index is 0.100. The van der Waals surface area contributed by atoms with Crippen LogP contribution in [0.4, 0.5) is 0 Å². The topological polar surface area (TPSA) is 46.2 Å². The number of halogens is 1. The van der Waals surface area contributed by atoms with E-state index in [0.717, 1.165) is 15.5 Å². The number of rotatable bonds is 4. The van der Waals surface area contributed by atoms with Gasteiger partial charge in [0.05, 0.1) is 5.02 Å². The Bertz CT molecular complexity index is 306. The zero-order chi connectivity index (χ0) is 10.6. The summed E-state index contributed by atoms with van der Waals surface area (Å²) in [7, 11) is 0. The van der Waals surface area contributed by atoms with Crippen LogP contribution >= 0.6 is 23.4 Å². The van der Waals surface area contributed by atoms with Gasteiger partial charge in [0, 0.05) is 17.5 Å². The molecule has 0 amide bonds. The summed E-state index contributed by atoms with van der Waals surface area (Å²) in [5, 5.41) is 9.48. The molecule has 4 heteroatoms. The molecule has 0 aliphatic carbocycles. The van der Waals surface area contributed by atoms with Crippen LogP contribution in [-0.2, 0) is 0 Å². The molecule has 1 atom stereocenters. The molecule has 0 aliphatic rings. The number of hydrogen-bond donors (Lipinski definition) is 2. The van der Waals surface area contributed by atoms with Crippen molar-refractivity contribution in [1.29, 1.82) is 0 Å². The monoisotopic (exact) mass is 231 g/mol. The fourth-order valence-electron chi connectivity index (χ4n) is 1.22. The van der Waals surface area contributed by atoms with E-state index in [1.54, 1.807) is 11.8 Å². The molecule has 1 unspecified atom stereocenters. The van der Waals surface area contributed by atoms with E-state index in [1.807, 2.05) is 24.5 Å². The van der Waals surface area contributed by atoms with Gasteiger partial charge in [-0.3, -0.25) is 0 Å². The molecular weight excluding hydrogens is 218 g/mol. The number of benzene rings is 1. The Kier molecular flexibility index (Phi) is 4.75. The second-order valence-electron chi connectivity index (χ2n) is 3.01. The van der Waals surface area contributed by atoms with Crippen molar-refractivity contribution in [2.24, 2.45) is 5.73 Å². The zero-order valence-electron chi connectivity index (χ0n) is 8.03. The smallest absolute Gasteiger partial charge is 0.0545 e. The van der Waals surface area contributed by atoms with E-state index >= 15 is 0 Å². The molecule has 1 rings (SSSR count). The van der Waals surface area contributed by atoms with Gasteiger partial charge in [-0.25, -0.2) is 0 Å². The Morgan fingerprint density at radius 2 is 2.29 bits per heavy atom.